The first-order chi connectivity index (χ1) is 26.9. The molecule has 0 aliphatic carbocycles. The number of likely N-dealkylation sites (tertiary alicyclic amines) is 2. The zero-order chi connectivity index (χ0) is 40.1. The summed E-state index contributed by atoms with van der Waals surface area (Å²) in [6.07, 6.45) is 5.38. The molecule has 2 saturated heterocycles. The number of hydrogen-bond acceptors (Lipinski definition) is 9. The van der Waals surface area contributed by atoms with E-state index in [1.165, 1.54) is 14.2 Å². The highest BCUT2D eigenvalue weighted by Crippen LogP contribution is 2.36. The third kappa shape index (κ3) is 8.42. The summed E-state index contributed by atoms with van der Waals surface area (Å²) in [6, 6.07) is 12.0. The van der Waals surface area contributed by atoms with Crippen molar-refractivity contribution in [3.63, 3.8) is 0 Å². The number of methoxy groups -OCH3 is 2. The van der Waals surface area contributed by atoms with E-state index in [-0.39, 0.29) is 42.3 Å². The summed E-state index contributed by atoms with van der Waals surface area (Å²) in [5, 5.41) is 15.8. The van der Waals surface area contributed by atoms with E-state index in [1.54, 1.807) is 22.2 Å². The van der Waals surface area contributed by atoms with E-state index in [0.717, 1.165) is 64.9 Å². The number of aromatic nitrogens is 4. The van der Waals surface area contributed by atoms with E-state index in [0.29, 0.717) is 24.7 Å². The monoisotopic (exact) mass is 768 g/mol. The highest BCUT2D eigenvalue weighted by molar-refractivity contribution is 5.87. The zero-order valence-electron chi connectivity index (χ0n) is 32.8. The Bertz CT molecular complexity index is 2020. The quantitative estimate of drug-likeness (QED) is 0.120. The van der Waals surface area contributed by atoms with E-state index in [1.807, 2.05) is 70.2 Å². The Balaban J connectivity index is 1.15. The zero-order valence-corrected chi connectivity index (χ0v) is 32.8. The summed E-state index contributed by atoms with van der Waals surface area (Å²) in [7, 11) is 2.56. The fraction of sp³-hybridized carbons (Fsp3) is 0.463. The first-order valence-corrected chi connectivity index (χ1v) is 19.2. The van der Waals surface area contributed by atoms with Gasteiger partial charge in [-0.1, -0.05) is 64.1 Å². The van der Waals surface area contributed by atoms with Crippen molar-refractivity contribution in [3.8, 4) is 33.6 Å². The number of amides is 4. The number of benzene rings is 2. The topological polar surface area (TPSA) is 195 Å². The Morgan fingerprint density at radius 1 is 0.732 bits per heavy atom. The minimum atomic E-state index is -0.717. The lowest BCUT2D eigenvalue weighted by Gasteiger charge is -2.30. The van der Waals surface area contributed by atoms with Crippen LogP contribution in [0, 0.1) is 11.8 Å². The van der Waals surface area contributed by atoms with Crippen molar-refractivity contribution in [2.45, 2.75) is 84.2 Å². The van der Waals surface area contributed by atoms with Crippen LogP contribution in [0.5, 0.6) is 0 Å². The predicted molar refractivity (Wildman–Crippen MR) is 209 cm³/mol. The molecule has 0 radical (unpaired) electrons. The van der Waals surface area contributed by atoms with Crippen LogP contribution in [0.25, 0.3) is 33.6 Å². The van der Waals surface area contributed by atoms with Crippen LogP contribution in [0.15, 0.2) is 54.9 Å². The molecular weight excluding hydrogens is 716 g/mol. The Hall–Kier alpha value is -5.70. The van der Waals surface area contributed by atoms with Crippen LogP contribution < -0.4 is 10.6 Å². The lowest BCUT2D eigenvalue weighted by atomic mass is 9.96. The molecule has 2 aromatic carbocycles. The smallest absolute Gasteiger partial charge is 0.407 e. The number of rotatable bonds is 12. The third-order valence-electron chi connectivity index (χ3n) is 10.8. The summed E-state index contributed by atoms with van der Waals surface area (Å²) >= 11 is 0. The van der Waals surface area contributed by atoms with Crippen molar-refractivity contribution >= 4 is 24.0 Å². The molecule has 5 N–H and O–H groups in total. The van der Waals surface area contributed by atoms with E-state index in [2.05, 4.69) is 30.6 Å². The van der Waals surface area contributed by atoms with Gasteiger partial charge in [-0.2, -0.15) is 0 Å². The number of alkyl carbamates (subject to hydrolysis) is 2. The summed E-state index contributed by atoms with van der Waals surface area (Å²) < 4.78 is 9.50. The van der Waals surface area contributed by atoms with Crippen LogP contribution in [0.2, 0.25) is 0 Å². The average molecular weight is 769 g/mol. The van der Waals surface area contributed by atoms with Crippen LogP contribution in [0.1, 0.15) is 82.7 Å². The highest BCUT2D eigenvalue weighted by Gasteiger charge is 2.39. The number of carbonyl (C=O) groups is 4. The molecule has 4 atom stereocenters. The number of aromatic amines is 2. The van der Waals surface area contributed by atoms with E-state index >= 15 is 0 Å². The molecule has 2 aliphatic rings. The molecule has 4 heterocycles. The standard InChI is InChI=1S/C41H52N8O7/c1-23(2)34(46-40(53)55-5)38(51)48-17-7-9-32(48)36-42-20-30(44-36)26-13-11-25(12-14-26)29-16-15-27(19-28(29)22-50)31-21-43-37(45-31)33-10-8-18-49(33)39(52)35(24(3)4)47-41(54)56-6/h11-16,19-21,23-24,32-35,50H,7-10,17-18,22H2,1-6H3,(H,42,44)(H,43,45)(H,46,53)(H,47,54)/t32-,33-,34-,35-/m0/s1. The van der Waals surface area contributed by atoms with Gasteiger partial charge in [0.15, 0.2) is 0 Å². The maximum atomic E-state index is 13.6. The number of carbonyl (C=O) groups excluding carboxylic acids is 4. The normalized spacial score (nSPS) is 17.9. The molecular formula is C41H52N8O7. The summed E-state index contributed by atoms with van der Waals surface area (Å²) in [4.78, 5) is 70.8. The third-order valence-corrected chi connectivity index (χ3v) is 10.8. The van der Waals surface area contributed by atoms with Gasteiger partial charge < -0.3 is 45.0 Å². The Labute approximate surface area is 326 Å². The van der Waals surface area contributed by atoms with Crippen molar-refractivity contribution in [1.82, 2.24) is 40.4 Å². The molecule has 0 saturated carbocycles. The molecule has 2 aliphatic heterocycles. The van der Waals surface area contributed by atoms with E-state index in [4.69, 9.17) is 9.47 Å². The minimum Gasteiger partial charge on any atom is -0.453 e. The molecule has 298 valence electrons. The molecule has 56 heavy (non-hydrogen) atoms. The number of nitrogens with zero attached hydrogens (tertiary/aromatic N) is 4. The first kappa shape index (κ1) is 40.0. The second kappa shape index (κ2) is 17.4. The van der Waals surface area contributed by atoms with Gasteiger partial charge in [0.2, 0.25) is 11.8 Å². The van der Waals surface area contributed by atoms with Crippen LogP contribution in [0.4, 0.5) is 9.59 Å². The summed E-state index contributed by atoms with van der Waals surface area (Å²) in [5.74, 6) is 0.778. The van der Waals surface area contributed by atoms with Gasteiger partial charge in [0, 0.05) is 13.1 Å². The maximum Gasteiger partial charge on any atom is 0.407 e. The number of nitrogens with one attached hydrogen (secondary N) is 4. The second-order valence-corrected chi connectivity index (χ2v) is 15.1. The Kier molecular flexibility index (Phi) is 12.4. The average Bonchev–Trinajstić information content (AvgIpc) is 4.04. The number of imidazole rings is 2. The number of hydrogen-bond donors (Lipinski definition) is 5. The molecule has 0 unspecified atom stereocenters. The van der Waals surface area contributed by atoms with Gasteiger partial charge in [-0.05, 0) is 71.4 Å². The van der Waals surface area contributed by atoms with E-state index in [9.17, 15) is 24.3 Å². The molecule has 15 heteroatoms. The van der Waals surface area contributed by atoms with Crippen molar-refractivity contribution in [2.75, 3.05) is 27.3 Å². The van der Waals surface area contributed by atoms with Crippen LogP contribution in [-0.4, -0.2) is 98.2 Å². The minimum absolute atomic E-state index is 0.121. The number of aliphatic hydroxyl groups excluding tert-OH is 1. The predicted octanol–water partition coefficient (Wildman–Crippen LogP) is 5.71. The fourth-order valence-electron chi connectivity index (χ4n) is 7.69. The van der Waals surface area contributed by atoms with Gasteiger partial charge in [-0.15, -0.1) is 0 Å². The van der Waals surface area contributed by atoms with Crippen LogP contribution in [-0.2, 0) is 25.7 Å². The SMILES string of the molecule is COC(=O)N[C@H](C(=O)N1CCC[C@H]1c1ncc(-c2ccc(-c3ccc(-c4cnc([C@@H]5CCCN5C(=O)[C@@H](NC(=O)OC)C(C)C)[nH]4)cc3CO)cc2)[nH]1)C(C)C. The van der Waals surface area contributed by atoms with Crippen molar-refractivity contribution in [1.29, 1.82) is 0 Å². The van der Waals surface area contributed by atoms with Crippen LogP contribution >= 0.6 is 0 Å². The lowest BCUT2D eigenvalue weighted by molar-refractivity contribution is -0.136. The lowest BCUT2D eigenvalue weighted by Crippen LogP contribution is -2.51. The van der Waals surface area contributed by atoms with Crippen molar-refractivity contribution in [3.05, 3.63) is 72.1 Å². The van der Waals surface area contributed by atoms with Gasteiger partial charge in [0.1, 0.15) is 23.7 Å². The van der Waals surface area contributed by atoms with Gasteiger partial charge in [-0.25, -0.2) is 19.6 Å². The molecule has 4 amide bonds. The van der Waals surface area contributed by atoms with Crippen molar-refractivity contribution < 1.29 is 33.8 Å². The number of H-pyrrole nitrogens is 2. The molecule has 2 aromatic heterocycles. The molecule has 4 aromatic rings. The highest BCUT2D eigenvalue weighted by atomic mass is 16.5. The molecule has 0 bridgehead atoms. The fourth-order valence-corrected chi connectivity index (χ4v) is 7.69. The molecule has 15 nitrogen and oxygen atoms in total. The van der Waals surface area contributed by atoms with Crippen LogP contribution in [0.3, 0.4) is 0 Å². The summed E-state index contributed by atoms with van der Waals surface area (Å²) in [5.41, 5.74) is 5.91. The summed E-state index contributed by atoms with van der Waals surface area (Å²) in [6.45, 7) is 8.51. The molecule has 6 rings (SSSR count). The van der Waals surface area contributed by atoms with Gasteiger partial charge >= 0.3 is 12.2 Å². The maximum absolute atomic E-state index is 13.6. The molecule has 2 fully saturated rings. The first-order valence-electron chi connectivity index (χ1n) is 19.2. The van der Waals surface area contributed by atoms with Gasteiger partial charge in [-0.3, -0.25) is 9.59 Å². The number of aliphatic hydroxyl groups is 1. The Morgan fingerprint density at radius 2 is 1.18 bits per heavy atom. The van der Waals surface area contributed by atoms with E-state index < -0.39 is 24.3 Å². The van der Waals surface area contributed by atoms with Gasteiger partial charge in [0.05, 0.1) is 56.7 Å². The van der Waals surface area contributed by atoms with Crippen molar-refractivity contribution in [2.24, 2.45) is 11.8 Å². The number of ether oxygens (including phenoxy) is 2. The molecule has 0 spiro atoms. The van der Waals surface area contributed by atoms with Gasteiger partial charge in [0.25, 0.3) is 0 Å². The largest absolute Gasteiger partial charge is 0.453 e. The second-order valence-electron chi connectivity index (χ2n) is 15.1. The Morgan fingerprint density at radius 3 is 1.62 bits per heavy atom.